The van der Waals surface area contributed by atoms with E-state index in [9.17, 15) is 0 Å². The van der Waals surface area contributed by atoms with Crippen LogP contribution in [-0.4, -0.2) is 30.2 Å². The summed E-state index contributed by atoms with van der Waals surface area (Å²) in [6.07, 6.45) is 3.95. The van der Waals surface area contributed by atoms with Crippen LogP contribution in [0.3, 0.4) is 0 Å². The fraction of sp³-hybridized carbons (Fsp3) is 0.556. The number of aliphatic hydroxyl groups excluding tert-OH is 1. The summed E-state index contributed by atoms with van der Waals surface area (Å²) in [5.41, 5.74) is 0.530. The summed E-state index contributed by atoms with van der Waals surface area (Å²) in [7, 11) is 0. The quantitative estimate of drug-likeness (QED) is 0.786. The van der Waals surface area contributed by atoms with Gasteiger partial charge in [0.15, 0.2) is 5.82 Å². The molecule has 0 aromatic carbocycles. The zero-order valence-corrected chi connectivity index (χ0v) is 8.57. The molecule has 0 amide bonds. The predicted molar refractivity (Wildman–Crippen MR) is 51.3 cm³/mol. The Morgan fingerprint density at radius 3 is 3.06 bits per heavy atom. The van der Waals surface area contributed by atoms with E-state index in [2.05, 4.69) is 20.5 Å². The summed E-state index contributed by atoms with van der Waals surface area (Å²) in [6.45, 7) is 0.282. The third-order valence-electron chi connectivity index (χ3n) is 2.47. The maximum Gasteiger partial charge on any atom is 0.248 e. The first-order valence-electron chi connectivity index (χ1n) is 5.17. The highest BCUT2D eigenvalue weighted by Crippen LogP contribution is 2.38. The number of hydrogen-bond donors (Lipinski definition) is 1. The molecule has 0 bridgehead atoms. The van der Waals surface area contributed by atoms with E-state index >= 15 is 0 Å². The Hall–Kier alpha value is -1.76. The first-order valence-corrected chi connectivity index (χ1v) is 5.17. The van der Waals surface area contributed by atoms with Crippen molar-refractivity contribution in [3.63, 3.8) is 0 Å². The van der Waals surface area contributed by atoms with E-state index in [-0.39, 0.29) is 6.61 Å². The molecule has 0 radical (unpaired) electrons. The minimum absolute atomic E-state index is 0.114. The van der Waals surface area contributed by atoms with Crippen LogP contribution in [0.15, 0.2) is 10.7 Å². The van der Waals surface area contributed by atoms with Crippen LogP contribution < -0.4 is 0 Å². The van der Waals surface area contributed by atoms with Gasteiger partial charge >= 0.3 is 0 Å². The lowest BCUT2D eigenvalue weighted by molar-refractivity contribution is 0.276. The third kappa shape index (κ3) is 1.81. The predicted octanol–water partition coefficient (Wildman–Crippen LogP) is 0.0791. The lowest BCUT2D eigenvalue weighted by atomic mass is 10.4. The molecule has 0 atom stereocenters. The van der Waals surface area contributed by atoms with E-state index in [4.69, 9.17) is 9.63 Å². The fourth-order valence-electron chi connectivity index (χ4n) is 1.47. The summed E-state index contributed by atoms with van der Waals surface area (Å²) in [4.78, 5) is 4.27. The molecule has 1 aliphatic rings. The Balaban J connectivity index is 1.72. The number of nitrogens with zero attached hydrogens (tertiary/aromatic N) is 5. The summed E-state index contributed by atoms with van der Waals surface area (Å²) < 4.78 is 6.67. The van der Waals surface area contributed by atoms with Crippen molar-refractivity contribution in [2.45, 2.75) is 31.9 Å². The van der Waals surface area contributed by atoms with E-state index < -0.39 is 0 Å². The molecular weight excluding hydrogens is 210 g/mol. The molecule has 7 nitrogen and oxygen atoms in total. The zero-order valence-electron chi connectivity index (χ0n) is 8.57. The third-order valence-corrected chi connectivity index (χ3v) is 2.47. The summed E-state index contributed by atoms with van der Waals surface area (Å²) in [5.74, 6) is 1.80. The maximum atomic E-state index is 8.83. The molecule has 2 heterocycles. The van der Waals surface area contributed by atoms with Crippen LogP contribution >= 0.6 is 0 Å². The van der Waals surface area contributed by atoms with Crippen molar-refractivity contribution in [3.05, 3.63) is 23.6 Å². The van der Waals surface area contributed by atoms with Gasteiger partial charge in [0.1, 0.15) is 12.2 Å². The minimum Gasteiger partial charge on any atom is -0.390 e. The van der Waals surface area contributed by atoms with Gasteiger partial charge < -0.3 is 9.63 Å². The van der Waals surface area contributed by atoms with E-state index in [1.54, 1.807) is 10.9 Å². The lowest BCUT2D eigenvalue weighted by Crippen LogP contribution is -2.00. The van der Waals surface area contributed by atoms with Gasteiger partial charge in [-0.25, -0.2) is 4.68 Å². The standard InChI is InChI=1S/C9H11N5O2/c15-5-7-3-14(13-11-7)4-8-10-9(12-16-8)6-1-2-6/h3,6,15H,1-2,4-5H2. The molecule has 7 heteroatoms. The van der Waals surface area contributed by atoms with Gasteiger partial charge in [-0.1, -0.05) is 10.4 Å². The van der Waals surface area contributed by atoms with Gasteiger partial charge in [0.2, 0.25) is 5.89 Å². The van der Waals surface area contributed by atoms with Crippen LogP contribution in [0.2, 0.25) is 0 Å². The highest BCUT2D eigenvalue weighted by atomic mass is 16.5. The zero-order chi connectivity index (χ0) is 11.0. The molecule has 1 saturated carbocycles. The monoisotopic (exact) mass is 221 g/mol. The van der Waals surface area contributed by atoms with Crippen LogP contribution in [0.5, 0.6) is 0 Å². The van der Waals surface area contributed by atoms with Crippen LogP contribution in [0.1, 0.15) is 36.2 Å². The highest BCUT2D eigenvalue weighted by molar-refractivity contribution is 5.03. The summed E-state index contributed by atoms with van der Waals surface area (Å²) in [5, 5.41) is 20.3. The Bertz CT molecular complexity index is 488. The van der Waals surface area contributed by atoms with Gasteiger partial charge in [-0.3, -0.25) is 0 Å². The summed E-state index contributed by atoms with van der Waals surface area (Å²) >= 11 is 0. The van der Waals surface area contributed by atoms with Crippen molar-refractivity contribution in [1.82, 2.24) is 25.1 Å². The Kier molecular flexibility index (Phi) is 2.17. The topological polar surface area (TPSA) is 89.9 Å². The molecule has 0 aliphatic heterocycles. The molecule has 1 fully saturated rings. The van der Waals surface area contributed by atoms with Gasteiger partial charge in [-0.2, -0.15) is 4.98 Å². The van der Waals surface area contributed by atoms with E-state index in [1.807, 2.05) is 0 Å². The largest absolute Gasteiger partial charge is 0.390 e. The van der Waals surface area contributed by atoms with Crippen LogP contribution in [0.4, 0.5) is 0 Å². The summed E-state index contributed by atoms with van der Waals surface area (Å²) in [6, 6.07) is 0. The van der Waals surface area contributed by atoms with Crippen molar-refractivity contribution in [2.75, 3.05) is 0 Å². The van der Waals surface area contributed by atoms with Gasteiger partial charge in [0.25, 0.3) is 0 Å². The van der Waals surface area contributed by atoms with E-state index in [1.165, 1.54) is 0 Å². The molecule has 3 rings (SSSR count). The van der Waals surface area contributed by atoms with Crippen molar-refractivity contribution < 1.29 is 9.63 Å². The van der Waals surface area contributed by atoms with E-state index in [0.29, 0.717) is 24.0 Å². The molecule has 0 saturated heterocycles. The molecule has 2 aromatic heterocycles. The van der Waals surface area contributed by atoms with Crippen molar-refractivity contribution >= 4 is 0 Å². The van der Waals surface area contributed by atoms with Gasteiger partial charge in [0.05, 0.1) is 12.8 Å². The number of aromatic nitrogens is 5. The average Bonchev–Trinajstić information content (AvgIpc) is 2.88. The van der Waals surface area contributed by atoms with Gasteiger partial charge in [-0.15, -0.1) is 5.10 Å². The second-order valence-corrected chi connectivity index (χ2v) is 3.89. The molecule has 0 unspecified atom stereocenters. The van der Waals surface area contributed by atoms with Crippen LogP contribution in [0.25, 0.3) is 0 Å². The maximum absolute atomic E-state index is 8.83. The number of rotatable bonds is 4. The van der Waals surface area contributed by atoms with Crippen molar-refractivity contribution in [3.8, 4) is 0 Å². The molecule has 0 spiro atoms. The highest BCUT2D eigenvalue weighted by Gasteiger charge is 2.28. The number of hydrogen-bond acceptors (Lipinski definition) is 6. The molecular formula is C9H11N5O2. The Labute approximate surface area is 91.1 Å². The van der Waals surface area contributed by atoms with Crippen LogP contribution in [0, 0.1) is 0 Å². The van der Waals surface area contributed by atoms with E-state index in [0.717, 1.165) is 18.7 Å². The molecule has 1 N–H and O–H groups in total. The molecule has 84 valence electrons. The van der Waals surface area contributed by atoms with Gasteiger partial charge in [-0.05, 0) is 12.8 Å². The molecule has 1 aliphatic carbocycles. The Morgan fingerprint density at radius 1 is 1.50 bits per heavy atom. The lowest BCUT2D eigenvalue weighted by Gasteiger charge is -1.91. The first kappa shape index (κ1) is 9.46. The van der Waals surface area contributed by atoms with Crippen LogP contribution in [-0.2, 0) is 13.2 Å². The van der Waals surface area contributed by atoms with Gasteiger partial charge in [0, 0.05) is 5.92 Å². The second-order valence-electron chi connectivity index (χ2n) is 3.89. The fourth-order valence-corrected chi connectivity index (χ4v) is 1.47. The Morgan fingerprint density at radius 2 is 2.38 bits per heavy atom. The normalized spacial score (nSPS) is 15.6. The number of aliphatic hydroxyl groups is 1. The average molecular weight is 221 g/mol. The second kappa shape index (κ2) is 3.67. The molecule has 16 heavy (non-hydrogen) atoms. The molecule has 2 aromatic rings. The minimum atomic E-state index is -0.114. The first-order chi connectivity index (χ1) is 7.85. The smallest absolute Gasteiger partial charge is 0.248 e. The SMILES string of the molecule is OCc1cn(Cc2nc(C3CC3)no2)nn1. The van der Waals surface area contributed by atoms with Crippen molar-refractivity contribution in [1.29, 1.82) is 0 Å². The van der Waals surface area contributed by atoms with Crippen molar-refractivity contribution in [2.24, 2.45) is 0 Å².